The highest BCUT2D eigenvalue weighted by Crippen LogP contribution is 2.31. The van der Waals surface area contributed by atoms with Crippen LogP contribution in [0.25, 0.3) is 0 Å². The quantitative estimate of drug-likeness (QED) is 0.457. The van der Waals surface area contributed by atoms with Crippen molar-refractivity contribution in [2.45, 2.75) is 6.61 Å². The van der Waals surface area contributed by atoms with Gasteiger partial charge in [0, 0.05) is 12.1 Å². The summed E-state index contributed by atoms with van der Waals surface area (Å²) in [5.41, 5.74) is -0.173. The standard InChI is InChI=1S/C13H11NO6/c1-18-9-4-5-12(14(16)17)13(6-9)19-8-11-3-2-10(7-15)20-11/h2-7H,8H2,1H3. The van der Waals surface area contributed by atoms with Gasteiger partial charge in [0.25, 0.3) is 0 Å². The van der Waals surface area contributed by atoms with Gasteiger partial charge in [-0.2, -0.15) is 0 Å². The summed E-state index contributed by atoms with van der Waals surface area (Å²) in [6, 6.07) is 7.25. The molecule has 0 aliphatic carbocycles. The van der Waals surface area contributed by atoms with Crippen LogP contribution in [0.15, 0.2) is 34.7 Å². The van der Waals surface area contributed by atoms with Crippen LogP contribution in [0.5, 0.6) is 11.5 Å². The molecule has 0 amide bonds. The van der Waals surface area contributed by atoms with Gasteiger partial charge in [-0.15, -0.1) is 0 Å². The van der Waals surface area contributed by atoms with Gasteiger partial charge in [0.15, 0.2) is 12.0 Å². The van der Waals surface area contributed by atoms with E-state index in [1.54, 1.807) is 6.07 Å². The van der Waals surface area contributed by atoms with E-state index in [2.05, 4.69) is 0 Å². The number of nitro benzene ring substituents is 1. The number of rotatable bonds is 6. The molecule has 0 bridgehead atoms. The second-order valence-corrected chi connectivity index (χ2v) is 3.80. The number of methoxy groups -OCH3 is 1. The smallest absolute Gasteiger partial charge is 0.311 e. The molecular formula is C13H11NO6. The Morgan fingerprint density at radius 3 is 2.75 bits per heavy atom. The lowest BCUT2D eigenvalue weighted by molar-refractivity contribution is -0.386. The fraction of sp³-hybridized carbons (Fsp3) is 0.154. The minimum Gasteiger partial charge on any atom is -0.497 e. The molecule has 0 aliphatic heterocycles. The number of nitrogens with zero attached hydrogens (tertiary/aromatic N) is 1. The number of hydrogen-bond donors (Lipinski definition) is 0. The van der Waals surface area contributed by atoms with Crippen LogP contribution in [-0.4, -0.2) is 18.3 Å². The maximum atomic E-state index is 10.9. The van der Waals surface area contributed by atoms with Crippen molar-refractivity contribution >= 4 is 12.0 Å². The normalized spacial score (nSPS) is 10.1. The van der Waals surface area contributed by atoms with Gasteiger partial charge in [0.2, 0.25) is 5.75 Å². The van der Waals surface area contributed by atoms with E-state index in [0.29, 0.717) is 17.8 Å². The fourth-order valence-corrected chi connectivity index (χ4v) is 1.57. The van der Waals surface area contributed by atoms with Crippen LogP contribution < -0.4 is 9.47 Å². The zero-order chi connectivity index (χ0) is 14.5. The van der Waals surface area contributed by atoms with Gasteiger partial charge in [0.1, 0.15) is 18.1 Å². The molecule has 0 aliphatic rings. The second-order valence-electron chi connectivity index (χ2n) is 3.80. The van der Waals surface area contributed by atoms with Crippen molar-refractivity contribution in [2.24, 2.45) is 0 Å². The third-order valence-electron chi connectivity index (χ3n) is 2.53. The van der Waals surface area contributed by atoms with Gasteiger partial charge in [0.05, 0.1) is 12.0 Å². The highest BCUT2D eigenvalue weighted by Gasteiger charge is 2.16. The van der Waals surface area contributed by atoms with E-state index < -0.39 is 4.92 Å². The maximum Gasteiger partial charge on any atom is 0.311 e. The minimum absolute atomic E-state index is 0.0259. The Morgan fingerprint density at radius 2 is 2.15 bits per heavy atom. The van der Waals surface area contributed by atoms with E-state index in [4.69, 9.17) is 13.9 Å². The molecule has 2 rings (SSSR count). The zero-order valence-electron chi connectivity index (χ0n) is 10.6. The molecule has 1 aromatic heterocycles. The summed E-state index contributed by atoms with van der Waals surface area (Å²) < 4.78 is 15.5. The summed E-state index contributed by atoms with van der Waals surface area (Å²) in [5, 5.41) is 10.9. The molecule has 104 valence electrons. The van der Waals surface area contributed by atoms with E-state index in [1.807, 2.05) is 0 Å². The summed E-state index contributed by atoms with van der Waals surface area (Å²) in [4.78, 5) is 20.8. The molecule has 7 nitrogen and oxygen atoms in total. The predicted octanol–water partition coefficient (Wildman–Crippen LogP) is 2.59. The number of benzene rings is 1. The Hall–Kier alpha value is -2.83. The van der Waals surface area contributed by atoms with E-state index in [1.165, 1.54) is 31.4 Å². The topological polar surface area (TPSA) is 91.8 Å². The average molecular weight is 277 g/mol. The molecule has 0 saturated carbocycles. The monoisotopic (exact) mass is 277 g/mol. The molecular weight excluding hydrogens is 266 g/mol. The number of nitro groups is 1. The van der Waals surface area contributed by atoms with Gasteiger partial charge in [-0.1, -0.05) is 0 Å². The molecule has 0 radical (unpaired) electrons. The number of carbonyl (C=O) groups is 1. The average Bonchev–Trinajstić information content (AvgIpc) is 2.92. The fourth-order valence-electron chi connectivity index (χ4n) is 1.57. The number of furan rings is 1. The van der Waals surface area contributed by atoms with Crippen LogP contribution in [0.3, 0.4) is 0 Å². The van der Waals surface area contributed by atoms with Gasteiger partial charge in [-0.05, 0) is 18.2 Å². The van der Waals surface area contributed by atoms with Crippen LogP contribution in [0.2, 0.25) is 0 Å². The van der Waals surface area contributed by atoms with Crippen molar-refractivity contribution in [1.29, 1.82) is 0 Å². The molecule has 0 N–H and O–H groups in total. The van der Waals surface area contributed by atoms with E-state index in [-0.39, 0.29) is 23.8 Å². The zero-order valence-corrected chi connectivity index (χ0v) is 10.6. The lowest BCUT2D eigenvalue weighted by atomic mass is 10.3. The summed E-state index contributed by atoms with van der Waals surface area (Å²) >= 11 is 0. The summed E-state index contributed by atoms with van der Waals surface area (Å²) in [6.07, 6.45) is 0.567. The van der Waals surface area contributed by atoms with Crippen molar-refractivity contribution in [3.8, 4) is 11.5 Å². The van der Waals surface area contributed by atoms with Gasteiger partial charge in [-0.3, -0.25) is 14.9 Å². The Kier molecular flexibility index (Phi) is 3.99. The largest absolute Gasteiger partial charge is 0.497 e. The molecule has 0 spiro atoms. The third-order valence-corrected chi connectivity index (χ3v) is 2.53. The Bertz CT molecular complexity index is 634. The van der Waals surface area contributed by atoms with Crippen molar-refractivity contribution in [2.75, 3.05) is 7.11 Å². The first-order valence-electron chi connectivity index (χ1n) is 5.63. The highest BCUT2D eigenvalue weighted by atomic mass is 16.6. The first-order chi connectivity index (χ1) is 9.63. The third kappa shape index (κ3) is 2.94. The number of ether oxygens (including phenoxy) is 2. The van der Waals surface area contributed by atoms with Crippen LogP contribution in [0.1, 0.15) is 16.3 Å². The Balaban J connectivity index is 2.18. The van der Waals surface area contributed by atoms with Crippen LogP contribution in [0.4, 0.5) is 5.69 Å². The summed E-state index contributed by atoms with van der Waals surface area (Å²) in [6.45, 7) is -0.0259. The molecule has 7 heteroatoms. The highest BCUT2D eigenvalue weighted by molar-refractivity contribution is 5.70. The molecule has 0 saturated heterocycles. The minimum atomic E-state index is -0.548. The van der Waals surface area contributed by atoms with Crippen LogP contribution in [0, 0.1) is 10.1 Å². The van der Waals surface area contributed by atoms with Crippen molar-refractivity contribution in [1.82, 2.24) is 0 Å². The first kappa shape index (κ1) is 13.6. The predicted molar refractivity (Wildman–Crippen MR) is 68.1 cm³/mol. The van der Waals surface area contributed by atoms with Crippen LogP contribution in [-0.2, 0) is 6.61 Å². The number of aldehydes is 1. The van der Waals surface area contributed by atoms with E-state index in [9.17, 15) is 14.9 Å². The summed E-state index contributed by atoms with van der Waals surface area (Å²) in [7, 11) is 1.45. The molecule has 0 fully saturated rings. The van der Waals surface area contributed by atoms with Gasteiger partial charge in [-0.25, -0.2) is 0 Å². The van der Waals surface area contributed by atoms with Crippen molar-refractivity contribution in [3.05, 3.63) is 52.0 Å². The van der Waals surface area contributed by atoms with Crippen molar-refractivity contribution in [3.63, 3.8) is 0 Å². The molecule has 1 heterocycles. The molecule has 0 unspecified atom stereocenters. The van der Waals surface area contributed by atoms with Crippen molar-refractivity contribution < 1.29 is 23.6 Å². The van der Waals surface area contributed by atoms with E-state index in [0.717, 1.165) is 0 Å². The van der Waals surface area contributed by atoms with Gasteiger partial charge < -0.3 is 13.9 Å². The molecule has 2 aromatic rings. The SMILES string of the molecule is COc1ccc([N+](=O)[O-])c(OCc2ccc(C=O)o2)c1. The van der Waals surface area contributed by atoms with Crippen LogP contribution >= 0.6 is 0 Å². The maximum absolute atomic E-state index is 10.9. The second kappa shape index (κ2) is 5.87. The Labute approximate surface area is 113 Å². The molecule has 0 atom stereocenters. The Morgan fingerprint density at radius 1 is 1.35 bits per heavy atom. The lowest BCUT2D eigenvalue weighted by Gasteiger charge is -2.07. The summed E-state index contributed by atoms with van der Waals surface area (Å²) in [5.74, 6) is 1.07. The first-order valence-corrected chi connectivity index (χ1v) is 5.63. The molecule has 20 heavy (non-hydrogen) atoms. The number of hydrogen-bond acceptors (Lipinski definition) is 6. The van der Waals surface area contributed by atoms with Gasteiger partial charge >= 0.3 is 5.69 Å². The molecule has 1 aromatic carbocycles. The number of carbonyl (C=O) groups excluding carboxylic acids is 1. The van der Waals surface area contributed by atoms with E-state index >= 15 is 0 Å². The lowest BCUT2D eigenvalue weighted by Crippen LogP contribution is -1.99.